The molecule has 1 N–H and O–H groups in total. The predicted molar refractivity (Wildman–Crippen MR) is 83.4 cm³/mol. The predicted octanol–water partition coefficient (Wildman–Crippen LogP) is 1.89. The van der Waals surface area contributed by atoms with Gasteiger partial charge in [-0.3, -0.25) is 4.79 Å². The Morgan fingerprint density at radius 1 is 1.10 bits per heavy atom. The molecule has 1 aliphatic carbocycles. The van der Waals surface area contributed by atoms with Crippen molar-refractivity contribution < 1.29 is 13.2 Å². The third-order valence-electron chi connectivity index (χ3n) is 4.80. The lowest BCUT2D eigenvalue weighted by Gasteiger charge is -2.33. The van der Waals surface area contributed by atoms with E-state index in [0.717, 1.165) is 44.9 Å². The Kier molecular flexibility index (Phi) is 5.66. The van der Waals surface area contributed by atoms with Crippen molar-refractivity contribution in [3.8, 4) is 0 Å². The quantitative estimate of drug-likeness (QED) is 0.861. The zero-order valence-electron chi connectivity index (χ0n) is 13.2. The van der Waals surface area contributed by atoms with Crippen LogP contribution in [0, 0.1) is 5.92 Å². The smallest absolute Gasteiger partial charge is 0.239 e. The molecule has 5 nitrogen and oxygen atoms in total. The van der Waals surface area contributed by atoms with Gasteiger partial charge >= 0.3 is 0 Å². The Hall–Kier alpha value is -0.620. The highest BCUT2D eigenvalue weighted by Gasteiger charge is 2.29. The standard InChI is InChI=1S/C15H28N2O3S/c1-12-6-8-14(9-7-12)16-21(19,20)11-15(18)17-10-4-3-5-13(17)2/h12-14,16H,3-11H2,1-2H3. The first kappa shape index (κ1) is 16.7. The molecule has 0 aromatic carbocycles. The summed E-state index contributed by atoms with van der Waals surface area (Å²) >= 11 is 0. The normalized spacial score (nSPS) is 31.1. The van der Waals surface area contributed by atoms with E-state index >= 15 is 0 Å². The van der Waals surface area contributed by atoms with Gasteiger partial charge in [0.25, 0.3) is 0 Å². The molecule has 1 saturated carbocycles. The summed E-state index contributed by atoms with van der Waals surface area (Å²) in [6.07, 6.45) is 6.96. The number of hydrogen-bond acceptors (Lipinski definition) is 3. The Morgan fingerprint density at radius 3 is 2.38 bits per heavy atom. The van der Waals surface area contributed by atoms with E-state index < -0.39 is 15.8 Å². The monoisotopic (exact) mass is 316 g/mol. The molecule has 0 aromatic rings. The lowest BCUT2D eigenvalue weighted by atomic mass is 9.88. The van der Waals surface area contributed by atoms with Gasteiger partial charge in [0.2, 0.25) is 15.9 Å². The molecule has 122 valence electrons. The number of nitrogens with zero attached hydrogens (tertiary/aromatic N) is 1. The van der Waals surface area contributed by atoms with Crippen LogP contribution >= 0.6 is 0 Å². The summed E-state index contributed by atoms with van der Waals surface area (Å²) in [7, 11) is -3.51. The van der Waals surface area contributed by atoms with Gasteiger partial charge in [-0.05, 0) is 57.8 Å². The first-order valence-electron chi connectivity index (χ1n) is 8.17. The van der Waals surface area contributed by atoms with Crippen molar-refractivity contribution in [3.63, 3.8) is 0 Å². The molecule has 2 fully saturated rings. The first-order chi connectivity index (χ1) is 9.87. The minimum atomic E-state index is -3.51. The van der Waals surface area contributed by atoms with Crippen LogP contribution in [0.5, 0.6) is 0 Å². The summed E-state index contributed by atoms with van der Waals surface area (Å²) in [6.45, 7) is 4.89. The largest absolute Gasteiger partial charge is 0.339 e. The fourth-order valence-corrected chi connectivity index (χ4v) is 4.71. The average molecular weight is 316 g/mol. The average Bonchev–Trinajstić information content (AvgIpc) is 2.41. The van der Waals surface area contributed by atoms with E-state index in [1.807, 2.05) is 6.92 Å². The van der Waals surface area contributed by atoms with Crippen LogP contribution < -0.4 is 4.72 Å². The molecule has 1 heterocycles. The van der Waals surface area contributed by atoms with Crippen molar-refractivity contribution in [1.82, 2.24) is 9.62 Å². The first-order valence-corrected chi connectivity index (χ1v) is 9.82. The number of amides is 1. The molecule has 1 atom stereocenters. The number of nitrogens with one attached hydrogen (secondary N) is 1. The molecule has 1 amide bonds. The number of carbonyl (C=O) groups excluding carboxylic acids is 1. The minimum absolute atomic E-state index is 0.0118. The van der Waals surface area contributed by atoms with Crippen LogP contribution in [0.3, 0.4) is 0 Å². The second-order valence-corrected chi connectivity index (χ2v) is 8.52. The van der Waals surface area contributed by atoms with Gasteiger partial charge in [0.05, 0.1) is 0 Å². The Balaban J connectivity index is 1.86. The number of likely N-dealkylation sites (tertiary alicyclic amines) is 1. The summed E-state index contributed by atoms with van der Waals surface area (Å²) < 4.78 is 27.1. The van der Waals surface area contributed by atoms with Crippen molar-refractivity contribution in [3.05, 3.63) is 0 Å². The molecule has 1 unspecified atom stereocenters. The molecular weight excluding hydrogens is 288 g/mol. The maximum absolute atomic E-state index is 12.2. The fourth-order valence-electron chi connectivity index (χ4n) is 3.39. The van der Waals surface area contributed by atoms with Crippen molar-refractivity contribution in [2.24, 2.45) is 5.92 Å². The summed E-state index contributed by atoms with van der Waals surface area (Å²) in [5.41, 5.74) is 0. The van der Waals surface area contributed by atoms with Crippen molar-refractivity contribution in [2.75, 3.05) is 12.3 Å². The molecular formula is C15H28N2O3S. The Labute approximate surface area is 128 Å². The molecule has 1 aliphatic heterocycles. The molecule has 0 aromatic heterocycles. The molecule has 6 heteroatoms. The Bertz CT molecular complexity index is 456. The highest BCUT2D eigenvalue weighted by atomic mass is 32.2. The van der Waals surface area contributed by atoms with Gasteiger partial charge in [-0.15, -0.1) is 0 Å². The maximum Gasteiger partial charge on any atom is 0.239 e. The van der Waals surface area contributed by atoms with Crippen LogP contribution in [-0.4, -0.2) is 43.6 Å². The molecule has 0 radical (unpaired) electrons. The summed E-state index contributed by atoms with van der Waals surface area (Å²) in [4.78, 5) is 14.0. The van der Waals surface area contributed by atoms with E-state index in [1.54, 1.807) is 4.90 Å². The SMILES string of the molecule is CC1CCC(NS(=O)(=O)CC(=O)N2CCCCC2C)CC1. The topological polar surface area (TPSA) is 66.5 Å². The number of hydrogen-bond donors (Lipinski definition) is 1. The lowest BCUT2D eigenvalue weighted by Crippen LogP contribution is -2.47. The molecule has 2 rings (SSSR count). The third-order valence-corrected chi connectivity index (χ3v) is 6.12. The van der Waals surface area contributed by atoms with Gasteiger partial charge < -0.3 is 4.90 Å². The summed E-state index contributed by atoms with van der Waals surface area (Å²) in [5.74, 6) is 0.0316. The number of carbonyl (C=O) groups is 1. The van der Waals surface area contributed by atoms with Gasteiger partial charge in [0, 0.05) is 18.6 Å². The van der Waals surface area contributed by atoms with Crippen molar-refractivity contribution in [1.29, 1.82) is 0 Å². The zero-order chi connectivity index (χ0) is 15.5. The number of piperidine rings is 1. The van der Waals surface area contributed by atoms with E-state index in [4.69, 9.17) is 0 Å². The van der Waals surface area contributed by atoms with E-state index in [0.29, 0.717) is 12.5 Å². The van der Waals surface area contributed by atoms with Crippen LogP contribution in [0.25, 0.3) is 0 Å². The number of rotatable bonds is 4. The third kappa shape index (κ3) is 4.95. The van der Waals surface area contributed by atoms with E-state index in [2.05, 4.69) is 11.6 Å². The molecule has 0 spiro atoms. The van der Waals surface area contributed by atoms with Crippen molar-refractivity contribution >= 4 is 15.9 Å². The second-order valence-electron chi connectivity index (χ2n) is 6.77. The highest BCUT2D eigenvalue weighted by molar-refractivity contribution is 7.90. The van der Waals surface area contributed by atoms with E-state index in [9.17, 15) is 13.2 Å². The van der Waals surface area contributed by atoms with Gasteiger partial charge in [0.15, 0.2) is 0 Å². The van der Waals surface area contributed by atoms with Gasteiger partial charge in [-0.25, -0.2) is 13.1 Å². The minimum Gasteiger partial charge on any atom is -0.339 e. The van der Waals surface area contributed by atoms with Gasteiger partial charge in [-0.1, -0.05) is 6.92 Å². The van der Waals surface area contributed by atoms with Crippen LogP contribution in [0.15, 0.2) is 0 Å². The van der Waals surface area contributed by atoms with Crippen LogP contribution in [-0.2, 0) is 14.8 Å². The lowest BCUT2D eigenvalue weighted by molar-refractivity contribution is -0.131. The highest BCUT2D eigenvalue weighted by Crippen LogP contribution is 2.24. The van der Waals surface area contributed by atoms with Crippen molar-refractivity contribution in [2.45, 2.75) is 70.9 Å². The maximum atomic E-state index is 12.2. The fraction of sp³-hybridized carbons (Fsp3) is 0.933. The van der Waals surface area contributed by atoms with Crippen LogP contribution in [0.4, 0.5) is 0 Å². The van der Waals surface area contributed by atoms with Gasteiger partial charge in [-0.2, -0.15) is 0 Å². The van der Waals surface area contributed by atoms with Crippen LogP contribution in [0.1, 0.15) is 58.8 Å². The number of sulfonamides is 1. The Morgan fingerprint density at radius 2 is 1.76 bits per heavy atom. The van der Waals surface area contributed by atoms with Gasteiger partial charge in [0.1, 0.15) is 5.75 Å². The summed E-state index contributed by atoms with van der Waals surface area (Å²) in [6, 6.07) is 0.176. The zero-order valence-corrected chi connectivity index (χ0v) is 14.0. The molecule has 0 bridgehead atoms. The van der Waals surface area contributed by atoms with Crippen LogP contribution in [0.2, 0.25) is 0 Å². The van der Waals surface area contributed by atoms with E-state index in [-0.39, 0.29) is 18.0 Å². The molecule has 1 saturated heterocycles. The summed E-state index contributed by atoms with van der Waals surface area (Å²) in [5, 5.41) is 0. The second kappa shape index (κ2) is 7.09. The van der Waals surface area contributed by atoms with E-state index in [1.165, 1.54) is 0 Å². The molecule has 21 heavy (non-hydrogen) atoms. The molecule has 2 aliphatic rings.